The fraction of sp³-hybridized carbons (Fsp3) is 0.385. The molecule has 1 amide bonds. The van der Waals surface area contributed by atoms with Crippen molar-refractivity contribution < 1.29 is 4.79 Å². The summed E-state index contributed by atoms with van der Waals surface area (Å²) in [6.45, 7) is 8.04. The maximum Gasteiger partial charge on any atom is 0.265 e. The third kappa shape index (κ3) is 2.31. The van der Waals surface area contributed by atoms with Crippen molar-refractivity contribution in [3.8, 4) is 0 Å². The molecule has 0 unspecified atom stereocenters. The largest absolute Gasteiger partial charge is 0.318 e. The highest BCUT2D eigenvalue weighted by molar-refractivity contribution is 7.12. The normalized spacial score (nSPS) is 10.9. The number of nitrogens with zero attached hydrogens (tertiary/aromatic N) is 2. The Bertz CT molecular complexity index is 555. The molecule has 4 nitrogen and oxygen atoms in total. The summed E-state index contributed by atoms with van der Waals surface area (Å²) >= 11 is 1.44. The van der Waals surface area contributed by atoms with Crippen LogP contribution in [0.1, 0.15) is 40.9 Å². The Morgan fingerprint density at radius 1 is 1.44 bits per heavy atom. The fourth-order valence-corrected chi connectivity index (χ4v) is 2.55. The van der Waals surface area contributed by atoms with Crippen LogP contribution in [-0.2, 0) is 0 Å². The highest BCUT2D eigenvalue weighted by Crippen LogP contribution is 2.23. The van der Waals surface area contributed by atoms with Crippen LogP contribution in [0.4, 0.5) is 5.69 Å². The number of carbonyl (C=O) groups is 1. The Balaban J connectivity index is 2.27. The molecule has 2 aromatic rings. The van der Waals surface area contributed by atoms with E-state index in [1.165, 1.54) is 11.3 Å². The molecule has 2 aromatic heterocycles. The Kier molecular flexibility index (Phi) is 3.52. The molecule has 0 aliphatic rings. The summed E-state index contributed by atoms with van der Waals surface area (Å²) in [7, 11) is 0. The van der Waals surface area contributed by atoms with Crippen LogP contribution in [0.25, 0.3) is 0 Å². The minimum atomic E-state index is -0.0699. The smallest absolute Gasteiger partial charge is 0.265 e. The van der Waals surface area contributed by atoms with Gasteiger partial charge in [-0.15, -0.1) is 11.3 Å². The molecule has 0 fully saturated rings. The number of carbonyl (C=O) groups excluding carboxylic acids is 1. The third-order valence-corrected chi connectivity index (χ3v) is 3.67. The van der Waals surface area contributed by atoms with Gasteiger partial charge in [0.15, 0.2) is 0 Å². The van der Waals surface area contributed by atoms with Crippen LogP contribution >= 0.6 is 11.3 Å². The molecule has 0 saturated carbocycles. The zero-order valence-electron chi connectivity index (χ0n) is 11.0. The van der Waals surface area contributed by atoms with E-state index in [0.717, 1.165) is 17.1 Å². The van der Waals surface area contributed by atoms with Gasteiger partial charge in [-0.1, -0.05) is 6.07 Å². The lowest BCUT2D eigenvalue weighted by molar-refractivity contribution is 0.103. The Labute approximate surface area is 111 Å². The number of hydrogen-bond acceptors (Lipinski definition) is 3. The molecule has 18 heavy (non-hydrogen) atoms. The van der Waals surface area contributed by atoms with E-state index < -0.39 is 0 Å². The van der Waals surface area contributed by atoms with Gasteiger partial charge in [0.05, 0.1) is 22.0 Å². The standard InChI is InChI=1S/C13H17N3OS/c1-8(2)16-10(4)12(9(3)15-16)14-13(17)11-6-5-7-18-11/h5-8H,1-4H3,(H,14,17). The van der Waals surface area contributed by atoms with E-state index in [2.05, 4.69) is 24.3 Å². The first-order chi connectivity index (χ1) is 8.50. The van der Waals surface area contributed by atoms with Gasteiger partial charge in [0.2, 0.25) is 0 Å². The molecule has 0 spiro atoms. The molecule has 0 atom stereocenters. The van der Waals surface area contributed by atoms with E-state index in [0.29, 0.717) is 4.88 Å². The number of anilines is 1. The minimum Gasteiger partial charge on any atom is -0.318 e. The van der Waals surface area contributed by atoms with Gasteiger partial charge in [-0.05, 0) is 39.1 Å². The summed E-state index contributed by atoms with van der Waals surface area (Å²) in [6, 6.07) is 3.98. The van der Waals surface area contributed by atoms with Crippen molar-refractivity contribution >= 4 is 22.9 Å². The molecule has 96 valence electrons. The maximum absolute atomic E-state index is 12.0. The highest BCUT2D eigenvalue weighted by atomic mass is 32.1. The zero-order chi connectivity index (χ0) is 13.3. The van der Waals surface area contributed by atoms with E-state index in [1.54, 1.807) is 0 Å². The fourth-order valence-electron chi connectivity index (χ4n) is 1.93. The highest BCUT2D eigenvalue weighted by Gasteiger charge is 2.16. The predicted octanol–water partition coefficient (Wildman–Crippen LogP) is 3.39. The first-order valence-electron chi connectivity index (χ1n) is 5.91. The first-order valence-corrected chi connectivity index (χ1v) is 6.79. The van der Waals surface area contributed by atoms with Crippen LogP contribution in [0.2, 0.25) is 0 Å². The molecule has 0 aliphatic heterocycles. The van der Waals surface area contributed by atoms with Crippen LogP contribution in [0.5, 0.6) is 0 Å². The van der Waals surface area contributed by atoms with Crippen LogP contribution in [0, 0.1) is 13.8 Å². The molecule has 0 aromatic carbocycles. The quantitative estimate of drug-likeness (QED) is 0.922. The molecule has 1 N–H and O–H groups in total. The molecule has 5 heteroatoms. The molecule has 0 radical (unpaired) electrons. The van der Waals surface area contributed by atoms with Gasteiger partial charge in [-0.25, -0.2) is 0 Å². The SMILES string of the molecule is Cc1nn(C(C)C)c(C)c1NC(=O)c1cccs1. The molecular weight excluding hydrogens is 246 g/mol. The van der Waals surface area contributed by atoms with Gasteiger partial charge in [0, 0.05) is 6.04 Å². The van der Waals surface area contributed by atoms with Crippen LogP contribution in [0.3, 0.4) is 0 Å². The number of aryl methyl sites for hydroxylation is 1. The van der Waals surface area contributed by atoms with Crippen molar-refractivity contribution in [1.29, 1.82) is 0 Å². The average molecular weight is 263 g/mol. The molecular formula is C13H17N3OS. The molecule has 0 aliphatic carbocycles. The summed E-state index contributed by atoms with van der Waals surface area (Å²) < 4.78 is 1.93. The van der Waals surface area contributed by atoms with Gasteiger partial charge >= 0.3 is 0 Å². The number of hydrogen-bond donors (Lipinski definition) is 1. The summed E-state index contributed by atoms with van der Waals surface area (Å²) in [5.74, 6) is -0.0699. The van der Waals surface area contributed by atoms with E-state index in [1.807, 2.05) is 36.0 Å². The van der Waals surface area contributed by atoms with Gasteiger partial charge in [-0.3, -0.25) is 9.48 Å². The first kappa shape index (κ1) is 12.8. The summed E-state index contributed by atoms with van der Waals surface area (Å²) in [6.07, 6.45) is 0. The molecule has 2 rings (SSSR count). The van der Waals surface area contributed by atoms with Crippen molar-refractivity contribution in [2.24, 2.45) is 0 Å². The van der Waals surface area contributed by atoms with E-state index >= 15 is 0 Å². The second kappa shape index (κ2) is 4.94. The topological polar surface area (TPSA) is 46.9 Å². The minimum absolute atomic E-state index is 0.0699. The zero-order valence-corrected chi connectivity index (χ0v) is 11.8. The third-order valence-electron chi connectivity index (χ3n) is 2.80. The molecule has 0 bridgehead atoms. The maximum atomic E-state index is 12.0. The average Bonchev–Trinajstić information content (AvgIpc) is 2.92. The number of amides is 1. The van der Waals surface area contributed by atoms with Gasteiger partial charge in [-0.2, -0.15) is 5.10 Å². The Hall–Kier alpha value is -1.62. The van der Waals surface area contributed by atoms with Crippen molar-refractivity contribution in [3.05, 3.63) is 33.8 Å². The van der Waals surface area contributed by atoms with E-state index in [9.17, 15) is 4.79 Å². The van der Waals surface area contributed by atoms with Crippen LogP contribution < -0.4 is 5.32 Å². The van der Waals surface area contributed by atoms with Gasteiger partial charge in [0.1, 0.15) is 0 Å². The number of aromatic nitrogens is 2. The van der Waals surface area contributed by atoms with E-state index in [4.69, 9.17) is 0 Å². The van der Waals surface area contributed by atoms with Crippen molar-refractivity contribution in [1.82, 2.24) is 9.78 Å². The number of rotatable bonds is 3. The van der Waals surface area contributed by atoms with Crippen molar-refractivity contribution in [2.45, 2.75) is 33.7 Å². The monoisotopic (exact) mass is 263 g/mol. The van der Waals surface area contributed by atoms with Gasteiger partial charge < -0.3 is 5.32 Å². The second-order valence-corrected chi connectivity index (χ2v) is 5.46. The van der Waals surface area contributed by atoms with E-state index in [-0.39, 0.29) is 11.9 Å². The van der Waals surface area contributed by atoms with Crippen molar-refractivity contribution in [2.75, 3.05) is 5.32 Å². The van der Waals surface area contributed by atoms with Crippen molar-refractivity contribution in [3.63, 3.8) is 0 Å². The Morgan fingerprint density at radius 3 is 2.67 bits per heavy atom. The number of thiophene rings is 1. The molecule has 2 heterocycles. The summed E-state index contributed by atoms with van der Waals surface area (Å²) in [4.78, 5) is 12.7. The Morgan fingerprint density at radius 2 is 2.17 bits per heavy atom. The summed E-state index contributed by atoms with van der Waals surface area (Å²) in [5.41, 5.74) is 2.67. The lowest BCUT2D eigenvalue weighted by Crippen LogP contribution is -2.12. The van der Waals surface area contributed by atoms with Crippen LogP contribution in [-0.4, -0.2) is 15.7 Å². The molecule has 0 saturated heterocycles. The lowest BCUT2D eigenvalue weighted by Gasteiger charge is -2.09. The van der Waals surface area contributed by atoms with Gasteiger partial charge in [0.25, 0.3) is 5.91 Å². The lowest BCUT2D eigenvalue weighted by atomic mass is 10.3. The van der Waals surface area contributed by atoms with Crippen LogP contribution in [0.15, 0.2) is 17.5 Å². The summed E-state index contributed by atoms with van der Waals surface area (Å²) in [5, 5.41) is 9.29. The second-order valence-electron chi connectivity index (χ2n) is 4.52. The number of nitrogens with one attached hydrogen (secondary N) is 1. The predicted molar refractivity (Wildman–Crippen MR) is 74.4 cm³/mol.